The highest BCUT2D eigenvalue weighted by Gasteiger charge is 2.39. The van der Waals surface area contributed by atoms with Crippen LogP contribution in [-0.2, 0) is 0 Å². The zero-order valence-corrected chi connectivity index (χ0v) is 13.0. The Balaban J connectivity index is 1.56. The maximum Gasteiger partial charge on any atom is 0.0613 e. The van der Waals surface area contributed by atoms with Crippen molar-refractivity contribution in [2.75, 3.05) is 39.8 Å². The average Bonchev–Trinajstić information content (AvgIpc) is 3.17. The fourth-order valence-electron chi connectivity index (χ4n) is 4.60. The normalized spacial score (nSPS) is 40.5. The number of hydrogen-bond acceptors (Lipinski definition) is 4. The van der Waals surface area contributed by atoms with Gasteiger partial charge in [-0.05, 0) is 65.1 Å². The molecule has 0 bridgehead atoms. The van der Waals surface area contributed by atoms with E-state index in [1.807, 2.05) is 7.05 Å². The Kier molecular flexibility index (Phi) is 4.65. The molecule has 0 radical (unpaired) electrons. The second kappa shape index (κ2) is 6.30. The van der Waals surface area contributed by atoms with Gasteiger partial charge in [-0.25, -0.2) is 0 Å². The van der Waals surface area contributed by atoms with Crippen LogP contribution >= 0.6 is 0 Å². The highest BCUT2D eigenvalue weighted by molar-refractivity contribution is 4.98. The Bertz CT molecular complexity index is 313. The van der Waals surface area contributed by atoms with Gasteiger partial charge in [0.15, 0.2) is 0 Å². The quantitative estimate of drug-likeness (QED) is 0.808. The molecule has 4 nitrogen and oxygen atoms in total. The van der Waals surface area contributed by atoms with Gasteiger partial charge in [-0.2, -0.15) is 0 Å². The van der Waals surface area contributed by atoms with Gasteiger partial charge in [-0.15, -0.1) is 0 Å². The van der Waals surface area contributed by atoms with Crippen molar-refractivity contribution in [1.82, 2.24) is 15.1 Å². The highest BCUT2D eigenvalue weighted by Crippen LogP contribution is 2.33. The van der Waals surface area contributed by atoms with Gasteiger partial charge in [-0.1, -0.05) is 0 Å². The summed E-state index contributed by atoms with van der Waals surface area (Å²) in [7, 11) is 2.01. The Morgan fingerprint density at radius 2 is 1.85 bits per heavy atom. The molecule has 0 aromatic heterocycles. The van der Waals surface area contributed by atoms with Crippen LogP contribution in [-0.4, -0.2) is 72.4 Å². The molecule has 2 N–H and O–H groups in total. The summed E-state index contributed by atoms with van der Waals surface area (Å²) in [5, 5.41) is 13.1. The summed E-state index contributed by atoms with van der Waals surface area (Å²) in [6.45, 7) is 5.44. The fraction of sp³-hybridized carbons (Fsp3) is 1.00. The van der Waals surface area contributed by atoms with E-state index in [9.17, 15) is 5.11 Å². The fourth-order valence-corrected chi connectivity index (χ4v) is 4.60. The van der Waals surface area contributed by atoms with Crippen molar-refractivity contribution >= 4 is 0 Å². The van der Waals surface area contributed by atoms with Crippen LogP contribution in [0.5, 0.6) is 0 Å². The molecule has 2 heterocycles. The Labute approximate surface area is 123 Å². The van der Waals surface area contributed by atoms with E-state index >= 15 is 0 Å². The van der Waals surface area contributed by atoms with Crippen LogP contribution in [0.15, 0.2) is 0 Å². The van der Waals surface area contributed by atoms with Crippen molar-refractivity contribution in [3.63, 3.8) is 0 Å². The molecule has 2 aliphatic heterocycles. The number of nitrogens with one attached hydrogen (secondary N) is 1. The molecule has 3 aliphatic rings. The third kappa shape index (κ3) is 2.89. The lowest BCUT2D eigenvalue weighted by Gasteiger charge is -2.43. The zero-order valence-electron chi connectivity index (χ0n) is 13.0. The molecule has 0 amide bonds. The summed E-state index contributed by atoms with van der Waals surface area (Å²) in [6, 6.07) is 1.48. The molecule has 2 saturated heterocycles. The first kappa shape index (κ1) is 14.8. The monoisotopic (exact) mass is 281 g/mol. The number of aliphatic hydroxyl groups is 1. The van der Waals surface area contributed by atoms with E-state index in [1.54, 1.807) is 0 Å². The van der Waals surface area contributed by atoms with E-state index in [2.05, 4.69) is 15.1 Å². The smallest absolute Gasteiger partial charge is 0.0613 e. The standard InChI is InChI=1S/C16H31N3O/c1-17-16(13-20)7-4-5-14(11-16)19-10-6-15(12-19)18-8-2-3-9-18/h14-15,17,20H,2-13H2,1H3. The van der Waals surface area contributed by atoms with Crippen molar-refractivity contribution < 1.29 is 5.11 Å². The topological polar surface area (TPSA) is 38.7 Å². The second-order valence-electron chi connectivity index (χ2n) is 7.12. The molecule has 1 aliphatic carbocycles. The summed E-state index contributed by atoms with van der Waals surface area (Å²) < 4.78 is 0. The Hall–Kier alpha value is -0.160. The minimum absolute atomic E-state index is 0.0192. The molecule has 3 fully saturated rings. The lowest BCUT2D eigenvalue weighted by atomic mass is 9.79. The molecular weight excluding hydrogens is 250 g/mol. The molecule has 0 spiro atoms. The Morgan fingerprint density at radius 1 is 1.05 bits per heavy atom. The van der Waals surface area contributed by atoms with E-state index in [0.29, 0.717) is 6.04 Å². The van der Waals surface area contributed by atoms with Crippen molar-refractivity contribution in [3.8, 4) is 0 Å². The number of aliphatic hydroxyl groups excluding tert-OH is 1. The zero-order chi connectivity index (χ0) is 14.0. The van der Waals surface area contributed by atoms with Gasteiger partial charge in [0.25, 0.3) is 0 Å². The van der Waals surface area contributed by atoms with E-state index in [-0.39, 0.29) is 12.1 Å². The second-order valence-corrected chi connectivity index (χ2v) is 7.12. The predicted molar refractivity (Wildman–Crippen MR) is 81.9 cm³/mol. The van der Waals surface area contributed by atoms with Crippen LogP contribution in [0.2, 0.25) is 0 Å². The number of likely N-dealkylation sites (N-methyl/N-ethyl adjacent to an activating group) is 1. The van der Waals surface area contributed by atoms with Crippen LogP contribution in [0.3, 0.4) is 0 Å². The maximum absolute atomic E-state index is 9.74. The third-order valence-electron chi connectivity index (χ3n) is 6.02. The van der Waals surface area contributed by atoms with E-state index in [0.717, 1.165) is 18.9 Å². The predicted octanol–water partition coefficient (Wildman–Crippen LogP) is 1.05. The molecule has 0 aromatic carbocycles. The van der Waals surface area contributed by atoms with Crippen LogP contribution in [0.25, 0.3) is 0 Å². The van der Waals surface area contributed by atoms with Crippen molar-refractivity contribution in [2.24, 2.45) is 0 Å². The number of likely N-dealkylation sites (tertiary alicyclic amines) is 2. The molecule has 3 rings (SSSR count). The number of nitrogens with zero attached hydrogens (tertiary/aromatic N) is 2. The van der Waals surface area contributed by atoms with Crippen LogP contribution in [0.1, 0.15) is 44.9 Å². The van der Waals surface area contributed by atoms with Crippen LogP contribution in [0.4, 0.5) is 0 Å². The van der Waals surface area contributed by atoms with Crippen molar-refractivity contribution in [1.29, 1.82) is 0 Å². The number of hydrogen-bond donors (Lipinski definition) is 2. The lowest BCUT2D eigenvalue weighted by Crippen LogP contribution is -2.54. The van der Waals surface area contributed by atoms with E-state index < -0.39 is 0 Å². The van der Waals surface area contributed by atoms with Crippen molar-refractivity contribution in [3.05, 3.63) is 0 Å². The summed E-state index contributed by atoms with van der Waals surface area (Å²) in [5.41, 5.74) is -0.0192. The van der Waals surface area contributed by atoms with Gasteiger partial charge in [0.1, 0.15) is 0 Å². The van der Waals surface area contributed by atoms with Crippen LogP contribution < -0.4 is 5.32 Å². The first-order valence-electron chi connectivity index (χ1n) is 8.54. The largest absolute Gasteiger partial charge is 0.394 e. The first-order chi connectivity index (χ1) is 9.76. The molecule has 3 unspecified atom stereocenters. The van der Waals surface area contributed by atoms with E-state index in [4.69, 9.17) is 0 Å². The van der Waals surface area contributed by atoms with Gasteiger partial charge >= 0.3 is 0 Å². The highest BCUT2D eigenvalue weighted by atomic mass is 16.3. The summed E-state index contributed by atoms with van der Waals surface area (Å²) in [5.74, 6) is 0. The van der Waals surface area contributed by atoms with Crippen LogP contribution in [0, 0.1) is 0 Å². The molecule has 0 aromatic rings. The molecule has 116 valence electrons. The average molecular weight is 281 g/mol. The lowest BCUT2D eigenvalue weighted by molar-refractivity contribution is 0.0706. The van der Waals surface area contributed by atoms with Crippen molar-refractivity contribution in [2.45, 2.75) is 62.6 Å². The Morgan fingerprint density at radius 3 is 2.55 bits per heavy atom. The minimum Gasteiger partial charge on any atom is -0.394 e. The van der Waals surface area contributed by atoms with Gasteiger partial charge in [-0.3, -0.25) is 9.80 Å². The molecule has 3 atom stereocenters. The van der Waals surface area contributed by atoms with Gasteiger partial charge in [0.05, 0.1) is 6.61 Å². The molecular formula is C16H31N3O. The number of rotatable bonds is 4. The van der Waals surface area contributed by atoms with Gasteiger partial charge in [0.2, 0.25) is 0 Å². The maximum atomic E-state index is 9.74. The summed E-state index contributed by atoms with van der Waals surface area (Å²) in [6.07, 6.45) is 8.95. The third-order valence-corrected chi connectivity index (χ3v) is 6.02. The molecule has 4 heteroatoms. The van der Waals surface area contributed by atoms with Gasteiger partial charge < -0.3 is 10.4 Å². The van der Waals surface area contributed by atoms with Gasteiger partial charge in [0, 0.05) is 30.7 Å². The molecule has 20 heavy (non-hydrogen) atoms. The summed E-state index contributed by atoms with van der Waals surface area (Å²) in [4.78, 5) is 5.42. The molecule has 1 saturated carbocycles. The first-order valence-corrected chi connectivity index (χ1v) is 8.54. The van der Waals surface area contributed by atoms with E-state index in [1.165, 1.54) is 58.3 Å². The SMILES string of the molecule is CNC1(CO)CCCC(N2CCC(N3CCCC3)C2)C1. The minimum atomic E-state index is -0.0192. The summed E-state index contributed by atoms with van der Waals surface area (Å²) >= 11 is 0.